The molecule has 2 aromatic rings. The molecule has 36 heavy (non-hydrogen) atoms. The van der Waals surface area contributed by atoms with E-state index in [1.165, 1.54) is 7.11 Å². The van der Waals surface area contributed by atoms with Crippen LogP contribution in [0, 0.1) is 17.8 Å². The van der Waals surface area contributed by atoms with Gasteiger partial charge < -0.3 is 25.6 Å². The number of primary amides is 1. The van der Waals surface area contributed by atoms with Gasteiger partial charge in [-0.15, -0.1) is 0 Å². The molecular formula is C25H31ClN4O6. The van der Waals surface area contributed by atoms with E-state index in [0.29, 0.717) is 46.6 Å². The third kappa shape index (κ3) is 5.43. The first-order chi connectivity index (χ1) is 17.2. The number of benzene rings is 1. The number of piperidine rings is 1. The molecule has 2 aliphatic rings. The molecule has 1 saturated carbocycles. The second-order valence-electron chi connectivity index (χ2n) is 9.67. The second-order valence-corrected chi connectivity index (χ2v) is 10.1. The number of amides is 3. The molecule has 0 spiro atoms. The number of nitrogens with one attached hydrogen (secondary N) is 3. The molecule has 0 bridgehead atoms. The highest BCUT2D eigenvalue weighted by atomic mass is 35.5. The average Bonchev–Trinajstić information content (AvgIpc) is 3.58. The van der Waals surface area contributed by atoms with E-state index in [0.717, 1.165) is 19.3 Å². The molecule has 3 atom stereocenters. The van der Waals surface area contributed by atoms with Crippen LogP contribution in [0.5, 0.6) is 5.75 Å². The zero-order valence-corrected chi connectivity index (χ0v) is 21.1. The van der Waals surface area contributed by atoms with Crippen LogP contribution in [0.2, 0.25) is 5.02 Å². The maximum atomic E-state index is 13.4. The van der Waals surface area contributed by atoms with Gasteiger partial charge in [0.15, 0.2) is 0 Å². The van der Waals surface area contributed by atoms with Crippen LogP contribution in [0.4, 0.5) is 0 Å². The molecule has 1 unspecified atom stereocenters. The number of halogens is 1. The van der Waals surface area contributed by atoms with E-state index in [2.05, 4.69) is 15.8 Å². The Bertz CT molecular complexity index is 1190. The van der Waals surface area contributed by atoms with Crippen LogP contribution < -0.4 is 21.3 Å². The third-order valence-electron chi connectivity index (χ3n) is 7.07. The van der Waals surface area contributed by atoms with Crippen LogP contribution in [-0.4, -0.2) is 42.3 Å². The topological polar surface area (TPSA) is 153 Å². The number of rotatable bonds is 9. The largest absolute Gasteiger partial charge is 0.496 e. The van der Waals surface area contributed by atoms with Crippen LogP contribution in [0.3, 0.4) is 0 Å². The summed E-state index contributed by atoms with van der Waals surface area (Å²) in [5.41, 5.74) is 8.79. The van der Waals surface area contributed by atoms with Crippen molar-refractivity contribution in [2.45, 2.75) is 51.4 Å². The number of carbonyl (C=O) groups excluding carboxylic acids is 4. The fraction of sp³-hybridized carbons (Fsp3) is 0.520. The lowest BCUT2D eigenvalue weighted by Crippen LogP contribution is -2.40. The minimum Gasteiger partial charge on any atom is -0.496 e. The van der Waals surface area contributed by atoms with Gasteiger partial charge in [0.05, 0.1) is 30.0 Å². The molecule has 1 saturated heterocycles. The molecule has 1 aliphatic heterocycles. The molecule has 194 valence electrons. The molecule has 5 N–H and O–H groups in total. The summed E-state index contributed by atoms with van der Waals surface area (Å²) in [5.74, 6) is -2.67. The number of aromatic amines is 1. The fourth-order valence-corrected chi connectivity index (χ4v) is 5.19. The summed E-state index contributed by atoms with van der Waals surface area (Å²) < 4.78 is 5.49. The van der Waals surface area contributed by atoms with Crippen molar-refractivity contribution in [1.82, 2.24) is 15.8 Å². The van der Waals surface area contributed by atoms with Crippen LogP contribution in [0.1, 0.15) is 67.4 Å². The average molecular weight is 519 g/mol. The standard InChI is InChI=1S/C25H31ClN4O6/c1-12(14-4-3-9-28-24(14)33)10-18(31)36-30-25(34)15(11-13-5-6-13)19-20-17(35-2)8-7-16(26)21(20)29-22(19)23(27)32/h7-8,12-15,29H,3-6,9-11H2,1-2H3,(H2,27,32)(H,28,33)(H,30,34)/t12?,14-,15-/m0/s1. The fourth-order valence-electron chi connectivity index (χ4n) is 4.98. The molecule has 1 aromatic heterocycles. The van der Waals surface area contributed by atoms with Gasteiger partial charge in [0, 0.05) is 23.4 Å². The van der Waals surface area contributed by atoms with E-state index in [4.69, 9.17) is 26.9 Å². The first-order valence-electron chi connectivity index (χ1n) is 12.2. The summed E-state index contributed by atoms with van der Waals surface area (Å²) in [6, 6.07) is 3.28. The first kappa shape index (κ1) is 25.8. The number of nitrogens with two attached hydrogens (primary N) is 1. The van der Waals surface area contributed by atoms with Gasteiger partial charge in [0.25, 0.3) is 11.8 Å². The van der Waals surface area contributed by atoms with E-state index < -0.39 is 23.7 Å². The number of aromatic nitrogens is 1. The van der Waals surface area contributed by atoms with Crippen LogP contribution >= 0.6 is 11.6 Å². The molecular weight excluding hydrogens is 488 g/mol. The van der Waals surface area contributed by atoms with Gasteiger partial charge in [-0.3, -0.25) is 14.4 Å². The predicted molar refractivity (Wildman–Crippen MR) is 132 cm³/mol. The Labute approximate surface area is 213 Å². The lowest BCUT2D eigenvalue weighted by molar-refractivity contribution is -0.160. The van der Waals surface area contributed by atoms with E-state index >= 15 is 0 Å². The number of hydrogen-bond acceptors (Lipinski definition) is 6. The summed E-state index contributed by atoms with van der Waals surface area (Å²) in [4.78, 5) is 58.4. The van der Waals surface area contributed by atoms with E-state index in [9.17, 15) is 19.2 Å². The summed E-state index contributed by atoms with van der Waals surface area (Å²) in [5, 5.41) is 3.65. The minimum absolute atomic E-state index is 0.0191. The summed E-state index contributed by atoms with van der Waals surface area (Å²) in [7, 11) is 1.48. The van der Waals surface area contributed by atoms with Crippen LogP contribution in [0.15, 0.2) is 12.1 Å². The van der Waals surface area contributed by atoms with Crippen molar-refractivity contribution >= 4 is 46.2 Å². The number of carbonyl (C=O) groups is 4. The summed E-state index contributed by atoms with van der Waals surface area (Å²) in [6.07, 6.45) is 3.89. The van der Waals surface area contributed by atoms with Gasteiger partial charge in [0.2, 0.25) is 5.91 Å². The van der Waals surface area contributed by atoms with Crippen LogP contribution in [0.25, 0.3) is 10.9 Å². The maximum Gasteiger partial charge on any atom is 0.332 e. The van der Waals surface area contributed by atoms with Gasteiger partial charge in [-0.25, -0.2) is 4.79 Å². The molecule has 1 aromatic carbocycles. The summed E-state index contributed by atoms with van der Waals surface area (Å²) in [6.45, 7) is 2.46. The molecule has 1 aliphatic carbocycles. The minimum atomic E-state index is -0.838. The molecule has 3 amide bonds. The second kappa shape index (κ2) is 10.8. The zero-order valence-electron chi connectivity index (χ0n) is 20.3. The normalized spacial score (nSPS) is 19.3. The van der Waals surface area contributed by atoms with Gasteiger partial charge in [-0.05, 0) is 43.2 Å². The third-order valence-corrected chi connectivity index (χ3v) is 7.39. The number of ether oxygens (including phenoxy) is 1. The van der Waals surface area contributed by atoms with Crippen molar-refractivity contribution in [1.29, 1.82) is 0 Å². The Kier molecular flexibility index (Phi) is 7.73. The number of fused-ring (bicyclic) bond motifs is 1. The monoisotopic (exact) mass is 518 g/mol. The first-order valence-corrected chi connectivity index (χ1v) is 12.5. The van der Waals surface area contributed by atoms with Crippen LogP contribution in [-0.2, 0) is 19.2 Å². The number of hydrogen-bond donors (Lipinski definition) is 4. The van der Waals surface area contributed by atoms with E-state index in [1.807, 2.05) is 6.92 Å². The molecule has 0 radical (unpaired) electrons. The van der Waals surface area contributed by atoms with Crippen molar-refractivity contribution in [3.63, 3.8) is 0 Å². The highest BCUT2D eigenvalue weighted by Crippen LogP contribution is 2.44. The van der Waals surface area contributed by atoms with Crippen molar-refractivity contribution in [3.8, 4) is 5.75 Å². The van der Waals surface area contributed by atoms with Gasteiger partial charge in [0.1, 0.15) is 11.4 Å². The Morgan fingerprint density at radius 1 is 1.25 bits per heavy atom. The molecule has 4 rings (SSSR count). The van der Waals surface area contributed by atoms with E-state index in [1.54, 1.807) is 12.1 Å². The molecule has 2 heterocycles. The quantitative estimate of drug-likeness (QED) is 0.374. The molecule has 11 heteroatoms. The Hall–Kier alpha value is -3.27. The predicted octanol–water partition coefficient (Wildman–Crippen LogP) is 2.94. The van der Waals surface area contributed by atoms with Gasteiger partial charge >= 0.3 is 5.97 Å². The number of H-pyrrole nitrogens is 1. The van der Waals surface area contributed by atoms with E-state index in [-0.39, 0.29) is 35.8 Å². The Morgan fingerprint density at radius 2 is 2.00 bits per heavy atom. The SMILES string of the molecule is COc1ccc(Cl)c2[nH]c(C(N)=O)c([C@H](CC3CC3)C(=O)NOC(=O)CC(C)[C@@H]3CCCNC3=O)c12. The smallest absolute Gasteiger partial charge is 0.332 e. The summed E-state index contributed by atoms with van der Waals surface area (Å²) >= 11 is 6.37. The Balaban J connectivity index is 1.55. The van der Waals surface area contributed by atoms with Gasteiger partial charge in [-0.2, -0.15) is 5.48 Å². The molecule has 10 nitrogen and oxygen atoms in total. The lowest BCUT2D eigenvalue weighted by atomic mass is 9.85. The Morgan fingerprint density at radius 3 is 2.64 bits per heavy atom. The lowest BCUT2D eigenvalue weighted by Gasteiger charge is -2.26. The highest BCUT2D eigenvalue weighted by molar-refractivity contribution is 6.35. The number of methoxy groups -OCH3 is 1. The highest BCUT2D eigenvalue weighted by Gasteiger charge is 2.37. The van der Waals surface area contributed by atoms with Gasteiger partial charge in [-0.1, -0.05) is 31.4 Å². The van der Waals surface area contributed by atoms with Crippen molar-refractivity contribution in [2.24, 2.45) is 23.5 Å². The number of hydroxylamine groups is 1. The maximum absolute atomic E-state index is 13.4. The zero-order chi connectivity index (χ0) is 26.0. The van der Waals surface area contributed by atoms with Crippen molar-refractivity contribution < 1.29 is 28.8 Å². The van der Waals surface area contributed by atoms with Crippen molar-refractivity contribution in [3.05, 3.63) is 28.4 Å². The van der Waals surface area contributed by atoms with Crippen molar-refractivity contribution in [2.75, 3.05) is 13.7 Å². The molecule has 2 fully saturated rings.